The third kappa shape index (κ3) is 3.29. The summed E-state index contributed by atoms with van der Waals surface area (Å²) in [7, 11) is -1.70. The van der Waals surface area contributed by atoms with E-state index in [1.54, 1.807) is 6.92 Å². The molecule has 112 valence electrons. The SMILES string of the molecule is CCCC/C(=C1\C(=O)C(C)=C(OCC)C1=O)[Si](C)(C)C. The van der Waals surface area contributed by atoms with Gasteiger partial charge in [0.25, 0.3) is 0 Å². The van der Waals surface area contributed by atoms with Gasteiger partial charge in [0, 0.05) is 5.57 Å². The largest absolute Gasteiger partial charge is 0.489 e. The molecule has 0 heterocycles. The summed E-state index contributed by atoms with van der Waals surface area (Å²) >= 11 is 0. The Morgan fingerprint density at radius 2 is 1.70 bits per heavy atom. The number of ether oxygens (including phenoxy) is 1. The fourth-order valence-corrected chi connectivity index (χ4v) is 4.40. The quantitative estimate of drug-likeness (QED) is 0.425. The van der Waals surface area contributed by atoms with Crippen LogP contribution in [0.25, 0.3) is 0 Å². The van der Waals surface area contributed by atoms with Gasteiger partial charge in [-0.05, 0) is 20.3 Å². The first-order valence-corrected chi connectivity index (χ1v) is 10.9. The van der Waals surface area contributed by atoms with Gasteiger partial charge >= 0.3 is 0 Å². The highest BCUT2D eigenvalue weighted by Crippen LogP contribution is 2.33. The highest BCUT2D eigenvalue weighted by molar-refractivity contribution is 6.84. The summed E-state index contributed by atoms with van der Waals surface area (Å²) in [5, 5.41) is 1.10. The van der Waals surface area contributed by atoms with Crippen molar-refractivity contribution in [3.8, 4) is 0 Å². The van der Waals surface area contributed by atoms with Gasteiger partial charge in [-0.25, -0.2) is 0 Å². The molecule has 0 amide bonds. The summed E-state index contributed by atoms with van der Waals surface area (Å²) in [4.78, 5) is 25.0. The molecule has 0 N–H and O–H groups in total. The van der Waals surface area contributed by atoms with Crippen LogP contribution in [0.1, 0.15) is 40.0 Å². The normalized spacial score (nSPS) is 18.9. The topological polar surface area (TPSA) is 43.4 Å². The van der Waals surface area contributed by atoms with Crippen LogP contribution in [0.4, 0.5) is 0 Å². The Labute approximate surface area is 123 Å². The van der Waals surface area contributed by atoms with Crippen molar-refractivity contribution in [2.75, 3.05) is 6.61 Å². The van der Waals surface area contributed by atoms with Gasteiger partial charge in [0.2, 0.25) is 5.78 Å². The molecule has 0 spiro atoms. The number of allylic oxidation sites excluding steroid dienone is 3. The molecule has 0 aliphatic heterocycles. The van der Waals surface area contributed by atoms with Gasteiger partial charge in [-0.1, -0.05) is 44.6 Å². The molecule has 3 nitrogen and oxygen atoms in total. The van der Waals surface area contributed by atoms with E-state index in [4.69, 9.17) is 4.74 Å². The molecule has 1 aliphatic rings. The van der Waals surface area contributed by atoms with Crippen LogP contribution in [-0.4, -0.2) is 26.2 Å². The highest BCUT2D eigenvalue weighted by atomic mass is 28.3. The number of rotatable bonds is 6. The van der Waals surface area contributed by atoms with Crippen LogP contribution in [0.15, 0.2) is 22.1 Å². The molecule has 0 saturated carbocycles. The molecule has 0 aromatic heterocycles. The summed E-state index contributed by atoms with van der Waals surface area (Å²) in [5.41, 5.74) is 0.887. The number of Topliss-reactive ketones (excluding diaryl/α,β-unsaturated/α-hetero) is 2. The lowest BCUT2D eigenvalue weighted by molar-refractivity contribution is -0.117. The number of ketones is 2. The van der Waals surface area contributed by atoms with Gasteiger partial charge in [0.15, 0.2) is 11.5 Å². The van der Waals surface area contributed by atoms with E-state index >= 15 is 0 Å². The second-order valence-electron chi connectivity index (χ2n) is 6.25. The average molecular weight is 294 g/mol. The minimum atomic E-state index is -1.70. The molecule has 0 saturated heterocycles. The fourth-order valence-electron chi connectivity index (χ4n) is 2.50. The third-order valence-corrected chi connectivity index (χ3v) is 5.93. The minimum absolute atomic E-state index is 0.119. The molecular formula is C16H26O3Si. The van der Waals surface area contributed by atoms with Crippen molar-refractivity contribution in [3.05, 3.63) is 22.1 Å². The van der Waals surface area contributed by atoms with E-state index in [-0.39, 0.29) is 17.3 Å². The van der Waals surface area contributed by atoms with Crippen LogP contribution in [0.5, 0.6) is 0 Å². The number of carbonyl (C=O) groups excluding carboxylic acids is 2. The van der Waals surface area contributed by atoms with Crippen LogP contribution in [0.3, 0.4) is 0 Å². The van der Waals surface area contributed by atoms with Crippen LogP contribution in [0, 0.1) is 0 Å². The summed E-state index contributed by atoms with van der Waals surface area (Å²) in [5.74, 6) is -0.0467. The Bertz CT molecular complexity index is 478. The van der Waals surface area contributed by atoms with Gasteiger partial charge < -0.3 is 4.74 Å². The maximum atomic E-state index is 12.5. The van der Waals surface area contributed by atoms with Gasteiger partial charge in [-0.15, -0.1) is 0 Å². The molecule has 0 aromatic carbocycles. The Morgan fingerprint density at radius 3 is 2.15 bits per heavy atom. The molecule has 4 heteroatoms. The maximum absolute atomic E-state index is 12.5. The van der Waals surface area contributed by atoms with Crippen molar-refractivity contribution in [1.29, 1.82) is 0 Å². The Morgan fingerprint density at radius 1 is 1.10 bits per heavy atom. The van der Waals surface area contributed by atoms with E-state index in [0.717, 1.165) is 24.5 Å². The van der Waals surface area contributed by atoms with Gasteiger partial charge in [0.05, 0.1) is 20.3 Å². The summed E-state index contributed by atoms with van der Waals surface area (Å²) in [6, 6.07) is 0. The number of hydrogen-bond donors (Lipinski definition) is 0. The van der Waals surface area contributed by atoms with Crippen LogP contribution in [0.2, 0.25) is 19.6 Å². The highest BCUT2D eigenvalue weighted by Gasteiger charge is 2.39. The molecule has 0 radical (unpaired) electrons. The minimum Gasteiger partial charge on any atom is -0.489 e. The lowest BCUT2D eigenvalue weighted by Crippen LogP contribution is -2.28. The molecule has 0 fully saturated rings. The molecule has 0 atom stereocenters. The second-order valence-corrected chi connectivity index (χ2v) is 11.4. The lowest BCUT2D eigenvalue weighted by Gasteiger charge is -2.23. The Hall–Kier alpha value is -1.16. The van der Waals surface area contributed by atoms with Crippen molar-refractivity contribution in [2.45, 2.75) is 59.7 Å². The van der Waals surface area contributed by atoms with Crippen molar-refractivity contribution >= 4 is 19.6 Å². The van der Waals surface area contributed by atoms with E-state index in [0.29, 0.717) is 17.8 Å². The zero-order valence-electron chi connectivity index (χ0n) is 13.6. The molecule has 1 rings (SSSR count). The lowest BCUT2D eigenvalue weighted by atomic mass is 10.1. The molecule has 0 unspecified atom stereocenters. The molecule has 1 aliphatic carbocycles. The van der Waals surface area contributed by atoms with Crippen LogP contribution >= 0.6 is 0 Å². The zero-order valence-corrected chi connectivity index (χ0v) is 14.6. The van der Waals surface area contributed by atoms with Crippen molar-refractivity contribution in [2.24, 2.45) is 0 Å². The van der Waals surface area contributed by atoms with Crippen LogP contribution in [-0.2, 0) is 14.3 Å². The second kappa shape index (κ2) is 6.53. The van der Waals surface area contributed by atoms with E-state index in [2.05, 4.69) is 26.6 Å². The van der Waals surface area contributed by atoms with Gasteiger partial charge in [0.1, 0.15) is 0 Å². The maximum Gasteiger partial charge on any atom is 0.231 e. The fraction of sp³-hybridized carbons (Fsp3) is 0.625. The molecular weight excluding hydrogens is 268 g/mol. The third-order valence-electron chi connectivity index (χ3n) is 3.62. The first-order valence-electron chi connectivity index (χ1n) is 7.42. The Kier molecular flexibility index (Phi) is 5.51. The Balaban J connectivity index is 3.31. The summed E-state index contributed by atoms with van der Waals surface area (Å²) in [6.45, 7) is 12.6. The number of unbranched alkanes of at least 4 members (excludes halogenated alkanes) is 1. The smallest absolute Gasteiger partial charge is 0.231 e. The van der Waals surface area contributed by atoms with E-state index in [1.807, 2.05) is 6.92 Å². The molecule has 20 heavy (non-hydrogen) atoms. The average Bonchev–Trinajstić information content (AvgIpc) is 2.55. The number of carbonyl (C=O) groups is 2. The zero-order chi connectivity index (χ0) is 15.5. The monoisotopic (exact) mass is 294 g/mol. The standard InChI is InChI=1S/C16H26O3Si/c1-7-9-10-12(20(4,5)6)13-14(17)11(3)16(15(13)18)19-8-2/h7-10H2,1-6H3/b13-12-. The van der Waals surface area contributed by atoms with E-state index in [9.17, 15) is 9.59 Å². The van der Waals surface area contributed by atoms with Crippen molar-refractivity contribution in [3.63, 3.8) is 0 Å². The molecule has 0 aromatic rings. The number of hydrogen-bond acceptors (Lipinski definition) is 3. The first kappa shape index (κ1) is 16.9. The van der Waals surface area contributed by atoms with Crippen molar-refractivity contribution in [1.82, 2.24) is 0 Å². The first-order chi connectivity index (χ1) is 9.25. The van der Waals surface area contributed by atoms with Gasteiger partial charge in [-0.3, -0.25) is 9.59 Å². The van der Waals surface area contributed by atoms with Crippen LogP contribution < -0.4 is 0 Å². The predicted molar refractivity (Wildman–Crippen MR) is 84.2 cm³/mol. The summed E-state index contributed by atoms with van der Waals surface area (Å²) < 4.78 is 5.39. The van der Waals surface area contributed by atoms with Gasteiger partial charge in [-0.2, -0.15) is 0 Å². The predicted octanol–water partition coefficient (Wildman–Crippen LogP) is 3.81. The van der Waals surface area contributed by atoms with E-state index < -0.39 is 8.07 Å². The van der Waals surface area contributed by atoms with E-state index in [1.165, 1.54) is 0 Å². The summed E-state index contributed by atoms with van der Waals surface area (Å²) in [6.07, 6.45) is 2.94. The molecule has 0 bridgehead atoms. The van der Waals surface area contributed by atoms with Crippen molar-refractivity contribution < 1.29 is 14.3 Å².